The number of carbonyl (C=O) groups excluding carboxylic acids is 1. The Hall–Kier alpha value is -1.82. The molecule has 2 aromatic rings. The Morgan fingerprint density at radius 1 is 1.29 bits per heavy atom. The summed E-state index contributed by atoms with van der Waals surface area (Å²) in [6.45, 7) is 2.32. The Balaban J connectivity index is 1.95. The predicted molar refractivity (Wildman–Crippen MR) is 95.7 cm³/mol. The van der Waals surface area contributed by atoms with Gasteiger partial charge in [-0.15, -0.1) is 0 Å². The highest BCUT2D eigenvalue weighted by atomic mass is 79.9. The van der Waals surface area contributed by atoms with Crippen molar-refractivity contribution in [2.75, 3.05) is 6.61 Å². The molecule has 0 spiro atoms. The molecule has 1 fully saturated rings. The van der Waals surface area contributed by atoms with Crippen LogP contribution in [0.25, 0.3) is 11.0 Å². The van der Waals surface area contributed by atoms with Crippen LogP contribution in [0, 0.1) is 0 Å². The number of fused-ring (bicyclic) bond motifs is 1. The maximum absolute atomic E-state index is 12.5. The Bertz CT molecular complexity index is 809. The van der Waals surface area contributed by atoms with Crippen molar-refractivity contribution in [3.05, 3.63) is 38.7 Å². The second-order valence-corrected chi connectivity index (χ2v) is 6.93. The summed E-state index contributed by atoms with van der Waals surface area (Å²) in [5.41, 5.74) is -0.244. The van der Waals surface area contributed by atoms with Crippen LogP contribution in [0.2, 0.25) is 0 Å². The molecule has 5 nitrogen and oxygen atoms in total. The zero-order chi connectivity index (χ0) is 17.1. The van der Waals surface area contributed by atoms with Crippen molar-refractivity contribution in [1.82, 2.24) is 5.32 Å². The van der Waals surface area contributed by atoms with Crippen molar-refractivity contribution in [1.29, 1.82) is 0 Å². The number of benzene rings is 1. The standard InChI is InChI=1S/C18H20BrNO4/c1-2-23-15-10-12(19)8-11-9-14(18(22)24-16(11)15)17(21)20-13-6-4-3-5-7-13/h8-10,13H,2-7H2,1H3,(H,20,21). The van der Waals surface area contributed by atoms with Crippen LogP contribution in [0.4, 0.5) is 0 Å². The van der Waals surface area contributed by atoms with Crippen molar-refractivity contribution < 1.29 is 13.9 Å². The van der Waals surface area contributed by atoms with Gasteiger partial charge >= 0.3 is 5.63 Å². The van der Waals surface area contributed by atoms with Gasteiger partial charge in [-0.05, 0) is 38.0 Å². The number of nitrogens with one attached hydrogen (secondary N) is 1. The topological polar surface area (TPSA) is 68.5 Å². The van der Waals surface area contributed by atoms with Crippen LogP contribution in [0.3, 0.4) is 0 Å². The summed E-state index contributed by atoms with van der Waals surface area (Å²) in [5, 5.41) is 3.61. The molecule has 24 heavy (non-hydrogen) atoms. The molecule has 0 atom stereocenters. The molecule has 1 saturated carbocycles. The fraction of sp³-hybridized carbons (Fsp3) is 0.444. The van der Waals surface area contributed by atoms with Gasteiger partial charge in [0, 0.05) is 15.9 Å². The first-order chi connectivity index (χ1) is 11.6. The lowest BCUT2D eigenvalue weighted by Crippen LogP contribution is -2.38. The van der Waals surface area contributed by atoms with E-state index in [1.807, 2.05) is 6.92 Å². The average Bonchev–Trinajstić information content (AvgIpc) is 2.56. The van der Waals surface area contributed by atoms with Crippen LogP contribution in [0.15, 0.2) is 31.9 Å². The zero-order valence-corrected chi connectivity index (χ0v) is 15.1. The zero-order valence-electron chi connectivity index (χ0n) is 13.6. The van der Waals surface area contributed by atoms with Gasteiger partial charge in [0.05, 0.1) is 6.61 Å². The van der Waals surface area contributed by atoms with Gasteiger partial charge in [-0.3, -0.25) is 4.79 Å². The van der Waals surface area contributed by atoms with E-state index in [4.69, 9.17) is 9.15 Å². The number of amides is 1. The van der Waals surface area contributed by atoms with Crippen LogP contribution >= 0.6 is 15.9 Å². The smallest absolute Gasteiger partial charge is 0.349 e. The second-order valence-electron chi connectivity index (χ2n) is 6.01. The molecule has 0 radical (unpaired) electrons. The number of halogens is 1. The van der Waals surface area contributed by atoms with E-state index in [1.54, 1.807) is 18.2 Å². The van der Waals surface area contributed by atoms with E-state index in [-0.39, 0.29) is 17.5 Å². The van der Waals surface area contributed by atoms with E-state index in [9.17, 15) is 9.59 Å². The SMILES string of the molecule is CCOc1cc(Br)cc2cc(C(=O)NC3CCCCC3)c(=O)oc12. The number of rotatable bonds is 4. The normalized spacial score (nSPS) is 15.4. The fourth-order valence-corrected chi connectivity index (χ4v) is 3.55. The van der Waals surface area contributed by atoms with Gasteiger partial charge in [0.1, 0.15) is 5.56 Å². The molecule has 0 bridgehead atoms. The van der Waals surface area contributed by atoms with Crippen LogP contribution in [0.1, 0.15) is 49.4 Å². The third kappa shape index (κ3) is 3.64. The summed E-state index contributed by atoms with van der Waals surface area (Å²) in [6.07, 6.45) is 5.36. The first-order valence-electron chi connectivity index (χ1n) is 8.29. The van der Waals surface area contributed by atoms with E-state index < -0.39 is 5.63 Å². The van der Waals surface area contributed by atoms with Crippen LogP contribution < -0.4 is 15.7 Å². The van der Waals surface area contributed by atoms with E-state index in [2.05, 4.69) is 21.2 Å². The van der Waals surface area contributed by atoms with Gasteiger partial charge in [-0.1, -0.05) is 35.2 Å². The highest BCUT2D eigenvalue weighted by molar-refractivity contribution is 9.10. The molecule has 1 N–H and O–H groups in total. The van der Waals surface area contributed by atoms with Crippen molar-refractivity contribution >= 4 is 32.8 Å². The van der Waals surface area contributed by atoms with Crippen LogP contribution in [0.5, 0.6) is 5.75 Å². The monoisotopic (exact) mass is 393 g/mol. The van der Waals surface area contributed by atoms with E-state index >= 15 is 0 Å². The molecule has 1 heterocycles. The molecule has 6 heteroatoms. The maximum atomic E-state index is 12.5. The van der Waals surface area contributed by atoms with E-state index in [0.717, 1.165) is 30.2 Å². The fourth-order valence-electron chi connectivity index (χ4n) is 3.10. The molecule has 1 aliphatic carbocycles. The van der Waals surface area contributed by atoms with Crippen molar-refractivity contribution in [2.45, 2.75) is 45.1 Å². The highest BCUT2D eigenvalue weighted by Gasteiger charge is 2.20. The van der Waals surface area contributed by atoms with Crippen molar-refractivity contribution in [2.24, 2.45) is 0 Å². The first-order valence-corrected chi connectivity index (χ1v) is 9.09. The number of hydrogen-bond donors (Lipinski definition) is 1. The lowest BCUT2D eigenvalue weighted by Gasteiger charge is -2.22. The van der Waals surface area contributed by atoms with Gasteiger partial charge in [0.15, 0.2) is 11.3 Å². The lowest BCUT2D eigenvalue weighted by atomic mass is 9.95. The van der Waals surface area contributed by atoms with Gasteiger partial charge in [0.25, 0.3) is 5.91 Å². The molecule has 0 aliphatic heterocycles. The summed E-state index contributed by atoms with van der Waals surface area (Å²) >= 11 is 3.41. The Labute approximate surface area is 148 Å². The van der Waals surface area contributed by atoms with Gasteiger partial charge in [-0.2, -0.15) is 0 Å². The van der Waals surface area contributed by atoms with Gasteiger partial charge in [0.2, 0.25) is 0 Å². The molecule has 1 aromatic carbocycles. The minimum Gasteiger partial charge on any atom is -0.490 e. The number of carbonyl (C=O) groups is 1. The largest absolute Gasteiger partial charge is 0.490 e. The minimum atomic E-state index is -0.640. The molecular weight excluding hydrogens is 374 g/mol. The average molecular weight is 394 g/mol. The highest BCUT2D eigenvalue weighted by Crippen LogP contribution is 2.30. The quantitative estimate of drug-likeness (QED) is 0.796. The summed E-state index contributed by atoms with van der Waals surface area (Å²) in [5.74, 6) is 0.119. The Morgan fingerprint density at radius 3 is 2.75 bits per heavy atom. The van der Waals surface area contributed by atoms with E-state index in [0.29, 0.717) is 23.3 Å². The second kappa shape index (κ2) is 7.38. The van der Waals surface area contributed by atoms with Gasteiger partial charge in [-0.25, -0.2) is 4.79 Å². The molecular formula is C18H20BrNO4. The van der Waals surface area contributed by atoms with Gasteiger partial charge < -0.3 is 14.5 Å². The first kappa shape index (κ1) is 17.0. The minimum absolute atomic E-state index is 0.0358. The van der Waals surface area contributed by atoms with Crippen molar-refractivity contribution in [3.63, 3.8) is 0 Å². The summed E-state index contributed by atoms with van der Waals surface area (Å²) < 4.78 is 11.7. The van der Waals surface area contributed by atoms with Crippen molar-refractivity contribution in [3.8, 4) is 5.75 Å². The Kier molecular flexibility index (Phi) is 5.23. The molecule has 3 rings (SSSR count). The van der Waals surface area contributed by atoms with E-state index in [1.165, 1.54) is 6.42 Å². The molecule has 128 valence electrons. The molecule has 1 aliphatic rings. The summed E-state index contributed by atoms with van der Waals surface area (Å²) in [6, 6.07) is 5.27. The summed E-state index contributed by atoms with van der Waals surface area (Å²) in [4.78, 5) is 24.7. The Morgan fingerprint density at radius 2 is 2.04 bits per heavy atom. The lowest BCUT2D eigenvalue weighted by molar-refractivity contribution is 0.0924. The molecule has 0 unspecified atom stereocenters. The molecule has 1 aromatic heterocycles. The predicted octanol–water partition coefficient (Wildman–Crippen LogP) is 4.02. The van der Waals surface area contributed by atoms with Crippen LogP contribution in [-0.2, 0) is 0 Å². The number of hydrogen-bond acceptors (Lipinski definition) is 4. The number of ether oxygens (including phenoxy) is 1. The summed E-state index contributed by atoms with van der Waals surface area (Å²) in [7, 11) is 0. The van der Waals surface area contributed by atoms with Crippen LogP contribution in [-0.4, -0.2) is 18.6 Å². The third-order valence-electron chi connectivity index (χ3n) is 4.25. The molecule has 0 saturated heterocycles. The molecule has 1 amide bonds. The third-order valence-corrected chi connectivity index (χ3v) is 4.71. The maximum Gasteiger partial charge on any atom is 0.349 e.